The minimum absolute atomic E-state index is 0.00863. The Balaban J connectivity index is 2.05. The van der Waals surface area contributed by atoms with Crippen LogP contribution < -0.4 is 11.5 Å². The van der Waals surface area contributed by atoms with Crippen LogP contribution in [-0.2, 0) is 11.3 Å². The molecule has 0 aromatic heterocycles. The van der Waals surface area contributed by atoms with E-state index in [2.05, 4.69) is 0 Å². The highest BCUT2D eigenvalue weighted by atomic mass is 19.1. The molecule has 0 amide bonds. The Morgan fingerprint density at radius 2 is 1.79 bits per heavy atom. The van der Waals surface area contributed by atoms with E-state index in [-0.39, 0.29) is 18.0 Å². The summed E-state index contributed by atoms with van der Waals surface area (Å²) in [6, 6.07) is 10.4. The van der Waals surface area contributed by atoms with Gasteiger partial charge in [-0.15, -0.1) is 0 Å². The summed E-state index contributed by atoms with van der Waals surface area (Å²) in [5.74, 6) is -0.926. The van der Waals surface area contributed by atoms with Crippen LogP contribution in [0.2, 0.25) is 0 Å². The van der Waals surface area contributed by atoms with Crippen molar-refractivity contribution >= 4 is 17.3 Å². The van der Waals surface area contributed by atoms with Gasteiger partial charge < -0.3 is 16.2 Å². The number of hydrogen-bond donors (Lipinski definition) is 2. The van der Waals surface area contributed by atoms with Gasteiger partial charge in [-0.2, -0.15) is 0 Å². The number of hydrogen-bond acceptors (Lipinski definition) is 4. The van der Waals surface area contributed by atoms with E-state index in [1.807, 2.05) is 0 Å². The predicted octanol–water partition coefficient (Wildman–Crippen LogP) is 2.35. The molecule has 19 heavy (non-hydrogen) atoms. The molecule has 0 aliphatic carbocycles. The maximum Gasteiger partial charge on any atom is 0.338 e. The largest absolute Gasteiger partial charge is 0.457 e. The lowest BCUT2D eigenvalue weighted by Gasteiger charge is -2.06. The lowest BCUT2D eigenvalue weighted by Crippen LogP contribution is -2.07. The second-order valence-electron chi connectivity index (χ2n) is 4.09. The number of anilines is 2. The molecule has 2 aromatic rings. The summed E-state index contributed by atoms with van der Waals surface area (Å²) in [7, 11) is 0. The van der Waals surface area contributed by atoms with Crippen LogP contribution >= 0.6 is 0 Å². The minimum Gasteiger partial charge on any atom is -0.457 e. The molecular formula is C14H13FN2O2. The lowest BCUT2D eigenvalue weighted by atomic mass is 10.2. The maximum absolute atomic E-state index is 12.9. The Hall–Kier alpha value is -2.56. The van der Waals surface area contributed by atoms with Crippen molar-refractivity contribution in [3.63, 3.8) is 0 Å². The van der Waals surface area contributed by atoms with Gasteiger partial charge in [0.15, 0.2) is 0 Å². The Morgan fingerprint density at radius 1 is 1.11 bits per heavy atom. The molecule has 5 heteroatoms. The lowest BCUT2D eigenvalue weighted by molar-refractivity contribution is 0.0472. The number of esters is 1. The second kappa shape index (κ2) is 5.39. The molecule has 0 saturated heterocycles. The first kappa shape index (κ1) is 12.9. The van der Waals surface area contributed by atoms with Crippen LogP contribution in [0.4, 0.5) is 15.8 Å². The van der Waals surface area contributed by atoms with Crippen molar-refractivity contribution in [1.82, 2.24) is 0 Å². The average Bonchev–Trinajstić information content (AvgIpc) is 2.35. The molecule has 98 valence electrons. The number of halogens is 1. The van der Waals surface area contributed by atoms with Crippen molar-refractivity contribution in [2.75, 3.05) is 11.5 Å². The highest BCUT2D eigenvalue weighted by molar-refractivity contribution is 5.91. The van der Waals surface area contributed by atoms with E-state index in [0.29, 0.717) is 16.9 Å². The zero-order chi connectivity index (χ0) is 13.8. The molecule has 2 rings (SSSR count). The topological polar surface area (TPSA) is 78.3 Å². The molecule has 0 bridgehead atoms. The van der Waals surface area contributed by atoms with E-state index in [1.54, 1.807) is 18.2 Å². The number of rotatable bonds is 3. The van der Waals surface area contributed by atoms with Crippen LogP contribution in [0, 0.1) is 5.82 Å². The molecule has 0 radical (unpaired) electrons. The molecular weight excluding hydrogens is 247 g/mol. The fourth-order valence-electron chi connectivity index (χ4n) is 1.65. The highest BCUT2D eigenvalue weighted by Gasteiger charge is 2.09. The van der Waals surface area contributed by atoms with Crippen molar-refractivity contribution in [2.24, 2.45) is 0 Å². The van der Waals surface area contributed by atoms with Crippen LogP contribution in [0.25, 0.3) is 0 Å². The normalized spacial score (nSPS) is 10.2. The molecule has 0 aliphatic heterocycles. The van der Waals surface area contributed by atoms with E-state index in [9.17, 15) is 9.18 Å². The third-order valence-electron chi connectivity index (χ3n) is 2.47. The SMILES string of the molecule is Nc1cc(N)cc(C(=O)OCc2cccc(F)c2)c1. The number of carbonyl (C=O) groups excluding carboxylic acids is 1. The van der Waals surface area contributed by atoms with Gasteiger partial charge in [0.2, 0.25) is 0 Å². The molecule has 4 nitrogen and oxygen atoms in total. The molecule has 0 saturated carbocycles. The molecule has 0 atom stereocenters. The Bertz CT molecular complexity index is 594. The van der Waals surface area contributed by atoms with Gasteiger partial charge in [-0.05, 0) is 35.9 Å². The molecule has 0 unspecified atom stereocenters. The van der Waals surface area contributed by atoms with E-state index in [1.165, 1.54) is 24.3 Å². The van der Waals surface area contributed by atoms with Crippen molar-refractivity contribution in [3.8, 4) is 0 Å². The van der Waals surface area contributed by atoms with Gasteiger partial charge in [0.25, 0.3) is 0 Å². The fourth-order valence-corrected chi connectivity index (χ4v) is 1.65. The van der Waals surface area contributed by atoms with Gasteiger partial charge in [-0.25, -0.2) is 9.18 Å². The molecule has 0 heterocycles. The van der Waals surface area contributed by atoms with E-state index >= 15 is 0 Å². The van der Waals surface area contributed by atoms with Crippen LogP contribution in [0.3, 0.4) is 0 Å². The Morgan fingerprint density at radius 3 is 2.42 bits per heavy atom. The summed E-state index contributed by atoms with van der Waals surface area (Å²) < 4.78 is 18.0. The van der Waals surface area contributed by atoms with Gasteiger partial charge in [0.05, 0.1) is 5.56 Å². The van der Waals surface area contributed by atoms with Crippen molar-refractivity contribution < 1.29 is 13.9 Å². The standard InChI is InChI=1S/C14H13FN2O2/c15-11-3-1-2-9(4-11)8-19-14(18)10-5-12(16)7-13(17)6-10/h1-7H,8,16-17H2. The first-order valence-electron chi connectivity index (χ1n) is 5.62. The van der Waals surface area contributed by atoms with Gasteiger partial charge >= 0.3 is 5.97 Å². The van der Waals surface area contributed by atoms with E-state index in [0.717, 1.165) is 0 Å². The first-order valence-corrected chi connectivity index (χ1v) is 5.62. The van der Waals surface area contributed by atoms with E-state index < -0.39 is 5.97 Å². The average molecular weight is 260 g/mol. The number of nitrogen functional groups attached to an aromatic ring is 2. The van der Waals surface area contributed by atoms with Gasteiger partial charge in [-0.3, -0.25) is 0 Å². The van der Waals surface area contributed by atoms with Crippen LogP contribution in [0.1, 0.15) is 15.9 Å². The first-order chi connectivity index (χ1) is 9.04. The quantitative estimate of drug-likeness (QED) is 0.656. The Kier molecular flexibility index (Phi) is 3.66. The van der Waals surface area contributed by atoms with Gasteiger partial charge in [0, 0.05) is 11.4 Å². The summed E-state index contributed by atoms with van der Waals surface area (Å²) in [5.41, 5.74) is 12.8. The predicted molar refractivity (Wildman–Crippen MR) is 70.8 cm³/mol. The third-order valence-corrected chi connectivity index (χ3v) is 2.47. The van der Waals surface area contributed by atoms with E-state index in [4.69, 9.17) is 16.2 Å². The minimum atomic E-state index is -0.553. The van der Waals surface area contributed by atoms with Gasteiger partial charge in [-0.1, -0.05) is 12.1 Å². The zero-order valence-corrected chi connectivity index (χ0v) is 10.1. The highest BCUT2D eigenvalue weighted by Crippen LogP contribution is 2.15. The monoisotopic (exact) mass is 260 g/mol. The number of carbonyl (C=O) groups is 1. The van der Waals surface area contributed by atoms with Crippen LogP contribution in [0.5, 0.6) is 0 Å². The molecule has 0 aliphatic rings. The van der Waals surface area contributed by atoms with Crippen molar-refractivity contribution in [2.45, 2.75) is 6.61 Å². The van der Waals surface area contributed by atoms with Crippen LogP contribution in [-0.4, -0.2) is 5.97 Å². The number of benzene rings is 2. The second-order valence-corrected chi connectivity index (χ2v) is 4.09. The smallest absolute Gasteiger partial charge is 0.338 e. The summed E-state index contributed by atoms with van der Waals surface area (Å²) in [6.07, 6.45) is 0. The molecule has 0 fully saturated rings. The Labute approximate surface area is 109 Å². The van der Waals surface area contributed by atoms with Crippen molar-refractivity contribution in [1.29, 1.82) is 0 Å². The van der Waals surface area contributed by atoms with Crippen molar-refractivity contribution in [3.05, 3.63) is 59.4 Å². The summed E-state index contributed by atoms with van der Waals surface area (Å²) in [6.45, 7) is -0.00863. The third kappa shape index (κ3) is 3.45. The fraction of sp³-hybridized carbons (Fsp3) is 0.0714. The summed E-state index contributed by atoms with van der Waals surface area (Å²) in [5, 5.41) is 0. The summed E-state index contributed by atoms with van der Waals surface area (Å²) >= 11 is 0. The number of ether oxygens (including phenoxy) is 1. The maximum atomic E-state index is 12.9. The van der Waals surface area contributed by atoms with Gasteiger partial charge in [0.1, 0.15) is 12.4 Å². The molecule has 4 N–H and O–H groups in total. The van der Waals surface area contributed by atoms with Crippen LogP contribution in [0.15, 0.2) is 42.5 Å². The molecule has 0 spiro atoms. The zero-order valence-electron chi connectivity index (χ0n) is 10.1. The number of nitrogens with two attached hydrogens (primary N) is 2. The summed E-state index contributed by atoms with van der Waals surface area (Å²) in [4.78, 5) is 11.8. The molecule has 2 aromatic carbocycles.